The second kappa shape index (κ2) is 9.43. The number of hydrogen-bond donors (Lipinski definition) is 2. The van der Waals surface area contributed by atoms with Gasteiger partial charge >= 0.3 is 0 Å². The predicted molar refractivity (Wildman–Crippen MR) is 110 cm³/mol. The van der Waals surface area contributed by atoms with Gasteiger partial charge in [-0.1, -0.05) is 18.2 Å². The highest BCUT2D eigenvalue weighted by atomic mass is 16.6. The Labute approximate surface area is 171 Å². The van der Waals surface area contributed by atoms with Crippen molar-refractivity contribution in [1.29, 1.82) is 0 Å². The van der Waals surface area contributed by atoms with E-state index in [0.717, 1.165) is 16.9 Å². The maximum absolute atomic E-state index is 12.4. The lowest BCUT2D eigenvalue weighted by atomic mass is 10.1. The molecule has 2 aromatic carbocycles. The molecule has 0 radical (unpaired) electrons. The summed E-state index contributed by atoms with van der Waals surface area (Å²) < 4.78 is 11.1. The third-order valence-electron chi connectivity index (χ3n) is 4.75. The fourth-order valence-corrected chi connectivity index (χ4v) is 3.22. The average Bonchev–Trinajstić information content (AvgIpc) is 2.73. The summed E-state index contributed by atoms with van der Waals surface area (Å²) in [5, 5.41) is 5.62. The zero-order chi connectivity index (χ0) is 20.8. The molecule has 0 bridgehead atoms. The van der Waals surface area contributed by atoms with Crippen LogP contribution in [0.2, 0.25) is 0 Å². The molecule has 1 aliphatic heterocycles. The summed E-state index contributed by atoms with van der Waals surface area (Å²) >= 11 is 0. The van der Waals surface area contributed by atoms with Gasteiger partial charge in [-0.15, -0.1) is 0 Å². The molecule has 29 heavy (non-hydrogen) atoms. The van der Waals surface area contributed by atoms with E-state index in [1.165, 1.54) is 0 Å². The van der Waals surface area contributed by atoms with E-state index in [-0.39, 0.29) is 24.4 Å². The lowest BCUT2D eigenvalue weighted by molar-refractivity contribution is -0.122. The van der Waals surface area contributed by atoms with Gasteiger partial charge in [-0.05, 0) is 49.4 Å². The molecule has 1 heterocycles. The first-order valence-corrected chi connectivity index (χ1v) is 9.64. The van der Waals surface area contributed by atoms with E-state index < -0.39 is 0 Å². The van der Waals surface area contributed by atoms with E-state index in [9.17, 15) is 9.59 Å². The van der Waals surface area contributed by atoms with E-state index >= 15 is 0 Å². The van der Waals surface area contributed by atoms with Gasteiger partial charge in [0.05, 0.1) is 12.6 Å². The quantitative estimate of drug-likeness (QED) is 0.748. The van der Waals surface area contributed by atoms with Crippen LogP contribution in [0.3, 0.4) is 0 Å². The number of rotatable bonds is 7. The zero-order valence-electron chi connectivity index (χ0n) is 17.0. The van der Waals surface area contributed by atoms with Crippen LogP contribution in [0.4, 0.5) is 0 Å². The first kappa shape index (κ1) is 20.7. The van der Waals surface area contributed by atoms with Crippen LogP contribution in [0.1, 0.15) is 34.5 Å². The predicted octanol–water partition coefficient (Wildman–Crippen LogP) is 2.13. The van der Waals surface area contributed by atoms with Crippen molar-refractivity contribution >= 4 is 11.8 Å². The Morgan fingerprint density at radius 3 is 2.45 bits per heavy atom. The van der Waals surface area contributed by atoms with E-state index in [1.807, 2.05) is 49.2 Å². The highest BCUT2D eigenvalue weighted by molar-refractivity contribution is 5.93. The van der Waals surface area contributed by atoms with Crippen molar-refractivity contribution in [2.24, 2.45) is 0 Å². The number of nitrogens with zero attached hydrogens (tertiary/aromatic N) is 1. The molecule has 1 atom stereocenters. The molecule has 0 saturated heterocycles. The minimum Gasteiger partial charge on any atom is -0.486 e. The topological polar surface area (TPSA) is 79.9 Å². The second-order valence-corrected chi connectivity index (χ2v) is 7.14. The molecule has 2 amide bonds. The molecule has 0 aromatic heterocycles. The summed E-state index contributed by atoms with van der Waals surface area (Å²) in [5.41, 5.74) is 2.62. The summed E-state index contributed by atoms with van der Waals surface area (Å²) in [6, 6.07) is 13.0. The minimum atomic E-state index is -0.140. The highest BCUT2D eigenvalue weighted by Crippen LogP contribution is 2.32. The maximum atomic E-state index is 12.4. The number of carbonyl (C=O) groups excluding carboxylic acids is 2. The molecule has 0 unspecified atom stereocenters. The van der Waals surface area contributed by atoms with Crippen LogP contribution in [0, 0.1) is 0 Å². The van der Waals surface area contributed by atoms with Crippen molar-refractivity contribution in [2.45, 2.75) is 19.5 Å². The Balaban J connectivity index is 1.51. The molecule has 154 valence electrons. The molecule has 2 N–H and O–H groups in total. The van der Waals surface area contributed by atoms with Gasteiger partial charge in [0.25, 0.3) is 5.91 Å². The van der Waals surface area contributed by atoms with E-state index in [2.05, 4.69) is 10.6 Å². The molecular weight excluding hydrogens is 370 g/mol. The van der Waals surface area contributed by atoms with Crippen molar-refractivity contribution in [2.75, 3.05) is 33.9 Å². The minimum absolute atomic E-state index is 0.0585. The second-order valence-electron chi connectivity index (χ2n) is 7.14. The van der Waals surface area contributed by atoms with Crippen LogP contribution >= 0.6 is 0 Å². The van der Waals surface area contributed by atoms with Crippen LogP contribution in [-0.4, -0.2) is 50.6 Å². The third kappa shape index (κ3) is 5.48. The van der Waals surface area contributed by atoms with Crippen molar-refractivity contribution in [3.63, 3.8) is 0 Å². The summed E-state index contributed by atoms with van der Waals surface area (Å²) in [4.78, 5) is 26.0. The zero-order valence-corrected chi connectivity index (χ0v) is 17.0. The largest absolute Gasteiger partial charge is 0.486 e. The molecule has 7 nitrogen and oxygen atoms in total. The first-order chi connectivity index (χ1) is 14.0. The van der Waals surface area contributed by atoms with Crippen LogP contribution < -0.4 is 20.1 Å². The Morgan fingerprint density at radius 1 is 1.07 bits per heavy atom. The normalized spacial score (nSPS) is 13.7. The highest BCUT2D eigenvalue weighted by Gasteiger charge is 2.16. The number of carbonyl (C=O) groups is 2. The average molecular weight is 397 g/mol. The van der Waals surface area contributed by atoms with Gasteiger partial charge in [0.2, 0.25) is 5.91 Å². The number of benzene rings is 2. The molecule has 0 aliphatic carbocycles. The van der Waals surface area contributed by atoms with E-state index in [4.69, 9.17) is 9.47 Å². The van der Waals surface area contributed by atoms with Gasteiger partial charge in [-0.2, -0.15) is 0 Å². The van der Waals surface area contributed by atoms with Crippen LogP contribution in [0.15, 0.2) is 42.5 Å². The van der Waals surface area contributed by atoms with Crippen molar-refractivity contribution in [3.05, 3.63) is 59.2 Å². The Hall–Kier alpha value is -3.06. The van der Waals surface area contributed by atoms with Gasteiger partial charge in [-0.3, -0.25) is 14.5 Å². The Morgan fingerprint density at radius 2 is 1.76 bits per heavy atom. The molecule has 2 aromatic rings. The summed E-state index contributed by atoms with van der Waals surface area (Å²) in [7, 11) is 3.50. The molecule has 0 fully saturated rings. The molecule has 1 aliphatic rings. The van der Waals surface area contributed by atoms with E-state index in [1.54, 1.807) is 19.2 Å². The first-order valence-electron chi connectivity index (χ1n) is 9.64. The van der Waals surface area contributed by atoms with Crippen molar-refractivity contribution < 1.29 is 19.1 Å². The van der Waals surface area contributed by atoms with Gasteiger partial charge in [0, 0.05) is 19.2 Å². The van der Waals surface area contributed by atoms with Gasteiger partial charge < -0.3 is 20.1 Å². The lowest BCUT2D eigenvalue weighted by Gasteiger charge is -2.22. The van der Waals surface area contributed by atoms with E-state index in [0.29, 0.717) is 31.1 Å². The summed E-state index contributed by atoms with van der Waals surface area (Å²) in [6.07, 6.45) is 0. The molecule has 7 heteroatoms. The number of nitrogens with one attached hydrogen (secondary N) is 2. The maximum Gasteiger partial charge on any atom is 0.251 e. The van der Waals surface area contributed by atoms with Gasteiger partial charge in [-0.25, -0.2) is 0 Å². The number of amides is 2. The molecule has 0 spiro atoms. The number of hydrogen-bond acceptors (Lipinski definition) is 5. The Kier molecular flexibility index (Phi) is 6.72. The SMILES string of the molecule is CNC(=O)c1ccc(CN(C)CC(=O)N[C@H](C)c2ccc3c(c2)OCCO3)cc1. The van der Waals surface area contributed by atoms with Crippen LogP contribution in [-0.2, 0) is 11.3 Å². The number of likely N-dealkylation sites (N-methyl/N-ethyl adjacent to an activating group) is 1. The lowest BCUT2D eigenvalue weighted by Crippen LogP contribution is -2.36. The summed E-state index contributed by atoms with van der Waals surface area (Å²) in [6.45, 7) is 3.92. The van der Waals surface area contributed by atoms with Crippen LogP contribution in [0.25, 0.3) is 0 Å². The number of fused-ring (bicyclic) bond motifs is 1. The molecule has 3 rings (SSSR count). The Bertz CT molecular complexity index is 867. The monoisotopic (exact) mass is 397 g/mol. The van der Waals surface area contributed by atoms with Crippen molar-refractivity contribution in [3.8, 4) is 11.5 Å². The fourth-order valence-electron chi connectivity index (χ4n) is 3.22. The van der Waals surface area contributed by atoms with Crippen molar-refractivity contribution in [1.82, 2.24) is 15.5 Å². The molecule has 0 saturated carbocycles. The summed E-state index contributed by atoms with van der Waals surface area (Å²) in [5.74, 6) is 1.28. The number of ether oxygens (including phenoxy) is 2. The smallest absolute Gasteiger partial charge is 0.251 e. The van der Waals surface area contributed by atoms with Gasteiger partial charge in [0.15, 0.2) is 11.5 Å². The fraction of sp³-hybridized carbons (Fsp3) is 0.364. The third-order valence-corrected chi connectivity index (χ3v) is 4.75. The van der Waals surface area contributed by atoms with Gasteiger partial charge in [0.1, 0.15) is 13.2 Å². The standard InChI is InChI=1S/C22H27N3O4/c1-15(18-8-9-19-20(12-18)29-11-10-28-19)24-21(26)14-25(3)13-16-4-6-17(7-5-16)22(27)23-2/h4-9,12,15H,10-11,13-14H2,1-3H3,(H,23,27)(H,24,26)/t15-/m1/s1. The molecular formula is C22H27N3O4. The van der Waals surface area contributed by atoms with Crippen LogP contribution in [0.5, 0.6) is 11.5 Å².